The van der Waals surface area contributed by atoms with Crippen molar-refractivity contribution in [3.8, 4) is 11.1 Å². The summed E-state index contributed by atoms with van der Waals surface area (Å²) in [6, 6.07) is 3.39. The average molecular weight is 591 g/mol. The summed E-state index contributed by atoms with van der Waals surface area (Å²) < 4.78 is 17.3. The van der Waals surface area contributed by atoms with Gasteiger partial charge in [0.25, 0.3) is 0 Å². The second-order valence-corrected chi connectivity index (χ2v) is 11.4. The van der Waals surface area contributed by atoms with Gasteiger partial charge < -0.3 is 30.6 Å². The van der Waals surface area contributed by atoms with Gasteiger partial charge in [-0.15, -0.1) is 0 Å². The van der Waals surface area contributed by atoms with Crippen LogP contribution in [-0.4, -0.2) is 82.4 Å². The number of hydrogen-bond donors (Lipinski definition) is 4. The molecule has 0 radical (unpaired) electrons. The van der Waals surface area contributed by atoms with Gasteiger partial charge in [0.05, 0.1) is 38.1 Å². The minimum Gasteiger partial charge on any atom is -0.477 e. The fourth-order valence-corrected chi connectivity index (χ4v) is 6.98. The number of anilines is 2. The maximum Gasteiger partial charge on any atom is 0.341 e. The van der Waals surface area contributed by atoms with Gasteiger partial charge in [-0.05, 0) is 31.5 Å². The molecule has 0 bridgehead atoms. The minimum absolute atomic E-state index is 0.00908. The lowest BCUT2D eigenvalue weighted by Gasteiger charge is -2.29. The molecule has 4 aromatic heterocycles. The van der Waals surface area contributed by atoms with Crippen LogP contribution in [0.5, 0.6) is 0 Å². The van der Waals surface area contributed by atoms with Crippen LogP contribution in [-0.2, 0) is 0 Å². The number of aromatic amines is 1. The summed E-state index contributed by atoms with van der Waals surface area (Å²) in [6.07, 6.45) is 5.54. The summed E-state index contributed by atoms with van der Waals surface area (Å²) in [7, 11) is 5.46. The molecule has 6 heterocycles. The number of rotatable bonds is 5. The zero-order chi connectivity index (χ0) is 29.4. The van der Waals surface area contributed by atoms with E-state index in [9.17, 15) is 14.7 Å². The molecule has 2 aliphatic rings. The van der Waals surface area contributed by atoms with Crippen molar-refractivity contribution in [3.63, 3.8) is 0 Å². The molecular weight excluding hydrogens is 563 g/mol. The van der Waals surface area contributed by atoms with Gasteiger partial charge in [0, 0.05) is 69.5 Å². The van der Waals surface area contributed by atoms with Crippen LogP contribution in [0.2, 0.25) is 5.02 Å². The first-order valence-electron chi connectivity index (χ1n) is 13.6. The van der Waals surface area contributed by atoms with E-state index in [1.807, 2.05) is 0 Å². The van der Waals surface area contributed by atoms with Gasteiger partial charge in [0.2, 0.25) is 5.43 Å². The highest BCUT2D eigenvalue weighted by molar-refractivity contribution is 6.33. The van der Waals surface area contributed by atoms with E-state index in [0.717, 1.165) is 31.7 Å². The molecule has 2 aliphatic heterocycles. The number of halogens is 2. The molecule has 13 heteroatoms. The normalized spacial score (nSPS) is 18.8. The molecule has 42 heavy (non-hydrogen) atoms. The number of fused-ring (bicyclic) bond motifs is 5. The number of aromatic carboxylic acids is 1. The molecule has 216 valence electrons. The van der Waals surface area contributed by atoms with E-state index in [0.29, 0.717) is 44.7 Å². The van der Waals surface area contributed by atoms with Gasteiger partial charge in [-0.2, -0.15) is 0 Å². The Morgan fingerprint density at radius 2 is 2.00 bits per heavy atom. The van der Waals surface area contributed by atoms with Gasteiger partial charge >= 0.3 is 5.97 Å². The highest BCUT2D eigenvalue weighted by Gasteiger charge is 2.42. The van der Waals surface area contributed by atoms with Crippen LogP contribution < -0.4 is 21.1 Å². The van der Waals surface area contributed by atoms with Crippen LogP contribution >= 0.6 is 11.6 Å². The molecule has 2 saturated heterocycles. The first-order chi connectivity index (χ1) is 20.2. The van der Waals surface area contributed by atoms with Gasteiger partial charge in [-0.3, -0.25) is 4.79 Å². The first-order valence-corrected chi connectivity index (χ1v) is 14.0. The Morgan fingerprint density at radius 1 is 1.19 bits per heavy atom. The molecule has 0 spiro atoms. The van der Waals surface area contributed by atoms with E-state index in [-0.39, 0.29) is 27.7 Å². The number of benzene rings is 1. The monoisotopic (exact) mass is 590 g/mol. The molecule has 0 aliphatic carbocycles. The van der Waals surface area contributed by atoms with Crippen molar-refractivity contribution < 1.29 is 14.3 Å². The number of carboxylic acids is 1. The van der Waals surface area contributed by atoms with E-state index in [1.165, 1.54) is 10.9 Å². The molecule has 2 fully saturated rings. The molecule has 5 aromatic rings. The number of carbonyl (C=O) groups is 1. The summed E-state index contributed by atoms with van der Waals surface area (Å²) in [6.45, 7) is 2.59. The van der Waals surface area contributed by atoms with Crippen molar-refractivity contribution in [1.29, 1.82) is 0 Å². The lowest BCUT2D eigenvalue weighted by molar-refractivity contribution is 0.0695. The number of likely N-dealkylation sites (N-methyl/N-ethyl adjacent to an activating group) is 1. The average Bonchev–Trinajstić information content (AvgIpc) is 3.66. The van der Waals surface area contributed by atoms with E-state index in [1.54, 1.807) is 38.6 Å². The summed E-state index contributed by atoms with van der Waals surface area (Å²) in [5.74, 6) is -1.43. The van der Waals surface area contributed by atoms with Crippen molar-refractivity contribution in [2.24, 2.45) is 5.92 Å². The summed E-state index contributed by atoms with van der Waals surface area (Å²) in [4.78, 5) is 42.3. The molecule has 7 rings (SSSR count). The number of pyridine rings is 3. The lowest BCUT2D eigenvalue weighted by Crippen LogP contribution is -2.35. The largest absolute Gasteiger partial charge is 0.477 e. The number of hydrogen-bond acceptors (Lipinski definition) is 8. The Balaban J connectivity index is 1.57. The maximum atomic E-state index is 15.9. The van der Waals surface area contributed by atoms with E-state index in [4.69, 9.17) is 16.6 Å². The second-order valence-electron chi connectivity index (χ2n) is 11.0. The van der Waals surface area contributed by atoms with Gasteiger partial charge in [0.1, 0.15) is 11.2 Å². The lowest BCUT2D eigenvalue weighted by atomic mass is 9.99. The minimum atomic E-state index is -1.33. The van der Waals surface area contributed by atoms with Crippen molar-refractivity contribution in [2.45, 2.75) is 12.5 Å². The third-order valence-electron chi connectivity index (χ3n) is 8.68. The number of H-pyrrole nitrogens is 1. The zero-order valence-corrected chi connectivity index (χ0v) is 23.9. The van der Waals surface area contributed by atoms with Crippen LogP contribution in [0.25, 0.3) is 44.1 Å². The highest BCUT2D eigenvalue weighted by Crippen LogP contribution is 2.47. The standard InChI is InChI=1S/C29H28ClFN8O3/c1-32-19-7-18(30)23(31)21-22-25(38-5-4-13-10-37(3)12-20(13)38)16(9-34-27(22)36-24(19)21)14-6-15-26(40)17(29(41)42)11-39(33-2)28(15)35-8-14/h6-9,11,13,20,32-33H,4-5,10,12H2,1-3H3,(H,34,36)(H,41,42)/t13-,20+/m1/s1. The number of aromatic nitrogens is 4. The fourth-order valence-electron chi connectivity index (χ4n) is 6.78. The van der Waals surface area contributed by atoms with E-state index >= 15 is 4.39 Å². The SMILES string of the molecule is CNc1cc(Cl)c(F)c2c1[nH]c1ncc(-c3cnc4c(c3)c(=O)c(C(=O)O)cn4NC)c(N3CC[C@@H]4CN(C)C[C@@H]43)c12. The van der Waals surface area contributed by atoms with Gasteiger partial charge in [-0.1, -0.05) is 11.6 Å². The van der Waals surface area contributed by atoms with E-state index < -0.39 is 17.2 Å². The molecular formula is C29H28ClFN8O3. The second kappa shape index (κ2) is 9.57. The number of carboxylic acid groups (broad SMARTS) is 1. The Kier molecular flexibility index (Phi) is 6.03. The number of likely N-dealkylation sites (tertiary alicyclic amines) is 1. The number of nitrogens with zero attached hydrogens (tertiary/aromatic N) is 5. The van der Waals surface area contributed by atoms with Crippen LogP contribution in [0.3, 0.4) is 0 Å². The predicted molar refractivity (Wildman–Crippen MR) is 162 cm³/mol. The Morgan fingerprint density at radius 3 is 2.74 bits per heavy atom. The topological polar surface area (TPSA) is 131 Å². The highest BCUT2D eigenvalue weighted by atomic mass is 35.5. The van der Waals surface area contributed by atoms with Crippen LogP contribution in [0.1, 0.15) is 16.8 Å². The van der Waals surface area contributed by atoms with Crippen molar-refractivity contribution in [2.75, 3.05) is 56.4 Å². The molecule has 1 aromatic carbocycles. The third kappa shape index (κ3) is 3.75. The van der Waals surface area contributed by atoms with Crippen molar-refractivity contribution >= 4 is 61.9 Å². The Labute approximate surface area is 243 Å². The van der Waals surface area contributed by atoms with Crippen LogP contribution in [0, 0.1) is 11.7 Å². The fraction of sp³-hybridized carbons (Fsp3) is 0.310. The molecule has 4 N–H and O–H groups in total. The van der Waals surface area contributed by atoms with Crippen molar-refractivity contribution in [3.05, 3.63) is 57.3 Å². The summed E-state index contributed by atoms with van der Waals surface area (Å²) >= 11 is 6.39. The third-order valence-corrected chi connectivity index (χ3v) is 8.95. The smallest absolute Gasteiger partial charge is 0.341 e. The zero-order valence-electron chi connectivity index (χ0n) is 23.1. The predicted octanol–water partition coefficient (Wildman–Crippen LogP) is 3.94. The Hall–Kier alpha value is -4.42. The maximum absolute atomic E-state index is 15.9. The van der Waals surface area contributed by atoms with Gasteiger partial charge in [-0.25, -0.2) is 23.8 Å². The molecule has 11 nitrogen and oxygen atoms in total. The quantitative estimate of drug-likeness (QED) is 0.240. The summed E-state index contributed by atoms with van der Waals surface area (Å²) in [5, 5.41) is 13.8. The van der Waals surface area contributed by atoms with E-state index in [2.05, 4.69) is 37.6 Å². The van der Waals surface area contributed by atoms with Crippen LogP contribution in [0.4, 0.5) is 15.8 Å². The molecule has 0 saturated carbocycles. The molecule has 0 unspecified atom stereocenters. The summed E-state index contributed by atoms with van der Waals surface area (Å²) in [5.41, 5.74) is 5.84. The first kappa shape index (κ1) is 26.5. The molecule has 2 atom stereocenters. The van der Waals surface area contributed by atoms with Crippen molar-refractivity contribution in [1.82, 2.24) is 24.5 Å². The van der Waals surface area contributed by atoms with Gasteiger partial charge in [0.15, 0.2) is 11.5 Å². The number of nitrogens with one attached hydrogen (secondary N) is 3. The van der Waals surface area contributed by atoms with Crippen LogP contribution in [0.15, 0.2) is 35.5 Å². The Bertz CT molecular complexity index is 2010. The molecule has 0 amide bonds.